The molecule has 1 heterocycles. The van der Waals surface area contributed by atoms with Crippen LogP contribution in [0.1, 0.15) is 58.3 Å². The van der Waals surface area contributed by atoms with Gasteiger partial charge in [-0.25, -0.2) is 4.68 Å². The summed E-state index contributed by atoms with van der Waals surface area (Å²) in [4.78, 5) is 14.6. The highest BCUT2D eigenvalue weighted by Crippen LogP contribution is 2.23. The summed E-state index contributed by atoms with van der Waals surface area (Å²) >= 11 is 1.61. The Kier molecular flexibility index (Phi) is 7.15. The number of hydrogen-bond acceptors (Lipinski definition) is 5. The smallest absolute Gasteiger partial charge is 0.222 e. The number of nitrogens with zero attached hydrogens (tertiary/aromatic N) is 5. The Bertz CT molecular complexity index is 457. The predicted octanol–water partition coefficient (Wildman–Crippen LogP) is 2.65. The minimum atomic E-state index is 0.311. The minimum absolute atomic E-state index is 0.311. The summed E-state index contributed by atoms with van der Waals surface area (Å²) in [6.07, 6.45) is 9.04. The van der Waals surface area contributed by atoms with Crippen molar-refractivity contribution in [2.75, 3.05) is 12.3 Å². The topological polar surface area (TPSA) is 63.9 Å². The number of hydrogen-bond donors (Lipinski definition) is 0. The number of thioether (sulfide) groups is 1. The van der Waals surface area contributed by atoms with E-state index in [-0.39, 0.29) is 0 Å². The van der Waals surface area contributed by atoms with Gasteiger partial charge >= 0.3 is 0 Å². The lowest BCUT2D eigenvalue weighted by atomic mass is 10.1. The number of carbonyl (C=O) groups excluding carboxylic acids is 1. The summed E-state index contributed by atoms with van der Waals surface area (Å²) in [7, 11) is 1.83. The molecular formula is C15H27N5OS. The van der Waals surface area contributed by atoms with Gasteiger partial charge in [0.15, 0.2) is 0 Å². The van der Waals surface area contributed by atoms with Gasteiger partial charge in [0.25, 0.3) is 0 Å². The predicted molar refractivity (Wildman–Crippen MR) is 87.6 cm³/mol. The van der Waals surface area contributed by atoms with E-state index in [0.29, 0.717) is 18.4 Å². The van der Waals surface area contributed by atoms with Crippen molar-refractivity contribution >= 4 is 17.7 Å². The maximum atomic E-state index is 12.5. The molecular weight excluding hydrogens is 298 g/mol. The lowest BCUT2D eigenvalue weighted by Crippen LogP contribution is -2.39. The number of rotatable bonds is 7. The standard InChI is InChI=1S/C15H27N5OS/c1-3-20(13-9-6-4-5-7-10-13)14(21)11-8-12-22-15-16-17-18-19(15)2/h13H,3-12H2,1-2H3. The van der Waals surface area contributed by atoms with Crippen molar-refractivity contribution in [2.45, 2.75) is 69.5 Å². The summed E-state index contributed by atoms with van der Waals surface area (Å²) in [5, 5.41) is 12.2. The van der Waals surface area contributed by atoms with Crippen LogP contribution < -0.4 is 0 Å². The van der Waals surface area contributed by atoms with Gasteiger partial charge in [-0.05, 0) is 36.6 Å². The van der Waals surface area contributed by atoms with E-state index >= 15 is 0 Å². The number of carbonyl (C=O) groups is 1. The van der Waals surface area contributed by atoms with Crippen molar-refractivity contribution in [2.24, 2.45) is 7.05 Å². The lowest BCUT2D eigenvalue weighted by Gasteiger charge is -2.30. The van der Waals surface area contributed by atoms with Crippen LogP contribution in [0.2, 0.25) is 0 Å². The molecule has 2 rings (SSSR count). The number of tetrazole rings is 1. The Labute approximate surface area is 137 Å². The molecule has 7 heteroatoms. The average Bonchev–Trinajstić information content (AvgIpc) is 2.76. The first-order valence-electron chi connectivity index (χ1n) is 8.37. The maximum Gasteiger partial charge on any atom is 0.222 e. The van der Waals surface area contributed by atoms with Gasteiger partial charge in [-0.2, -0.15) is 0 Å². The van der Waals surface area contributed by atoms with Crippen molar-refractivity contribution in [1.29, 1.82) is 0 Å². The Balaban J connectivity index is 1.73. The highest BCUT2D eigenvalue weighted by Gasteiger charge is 2.22. The Morgan fingerprint density at radius 2 is 2.05 bits per heavy atom. The third-order valence-electron chi connectivity index (χ3n) is 4.27. The summed E-state index contributed by atoms with van der Waals surface area (Å²) in [5.74, 6) is 1.19. The van der Waals surface area contributed by atoms with E-state index in [1.54, 1.807) is 16.4 Å². The van der Waals surface area contributed by atoms with Gasteiger partial charge in [-0.15, -0.1) is 5.10 Å². The molecule has 0 unspecified atom stereocenters. The molecule has 22 heavy (non-hydrogen) atoms. The van der Waals surface area contributed by atoms with E-state index in [1.165, 1.54) is 38.5 Å². The lowest BCUT2D eigenvalue weighted by molar-refractivity contribution is -0.133. The molecule has 1 amide bonds. The highest BCUT2D eigenvalue weighted by molar-refractivity contribution is 7.99. The second kappa shape index (κ2) is 9.12. The van der Waals surface area contributed by atoms with E-state index in [9.17, 15) is 4.79 Å². The molecule has 1 fully saturated rings. The van der Waals surface area contributed by atoms with Crippen LogP contribution >= 0.6 is 11.8 Å². The van der Waals surface area contributed by atoms with E-state index in [2.05, 4.69) is 27.3 Å². The fraction of sp³-hybridized carbons (Fsp3) is 0.867. The van der Waals surface area contributed by atoms with Gasteiger partial charge in [-0.1, -0.05) is 37.4 Å². The molecule has 0 bridgehead atoms. The van der Waals surface area contributed by atoms with Crippen molar-refractivity contribution in [3.05, 3.63) is 0 Å². The molecule has 1 aromatic heterocycles. The monoisotopic (exact) mass is 325 g/mol. The van der Waals surface area contributed by atoms with Gasteiger partial charge in [0, 0.05) is 31.8 Å². The molecule has 0 saturated heterocycles. The van der Waals surface area contributed by atoms with Crippen molar-refractivity contribution in [1.82, 2.24) is 25.1 Å². The van der Waals surface area contributed by atoms with Crippen LogP contribution in [0.5, 0.6) is 0 Å². The fourth-order valence-corrected chi connectivity index (χ4v) is 3.87. The van der Waals surface area contributed by atoms with Gasteiger partial charge in [0.05, 0.1) is 0 Å². The third kappa shape index (κ3) is 4.97. The van der Waals surface area contributed by atoms with Gasteiger partial charge in [-0.3, -0.25) is 4.79 Å². The van der Waals surface area contributed by atoms with Crippen molar-refractivity contribution in [3.8, 4) is 0 Å². The quantitative estimate of drug-likeness (QED) is 0.438. The van der Waals surface area contributed by atoms with E-state index < -0.39 is 0 Å². The average molecular weight is 325 g/mol. The molecule has 0 radical (unpaired) electrons. The Hall–Kier alpha value is -1.11. The van der Waals surface area contributed by atoms with Crippen LogP contribution in [-0.4, -0.2) is 49.4 Å². The molecule has 124 valence electrons. The van der Waals surface area contributed by atoms with Crippen LogP contribution in [0, 0.1) is 0 Å². The molecule has 1 aliphatic rings. The first-order chi connectivity index (χ1) is 10.7. The molecule has 0 spiro atoms. The number of aromatic nitrogens is 4. The molecule has 6 nitrogen and oxygen atoms in total. The molecule has 1 saturated carbocycles. The Morgan fingerprint density at radius 3 is 2.64 bits per heavy atom. The van der Waals surface area contributed by atoms with Gasteiger partial charge < -0.3 is 4.90 Å². The van der Waals surface area contributed by atoms with Crippen LogP contribution in [0.15, 0.2) is 5.16 Å². The third-order valence-corrected chi connectivity index (χ3v) is 5.37. The van der Waals surface area contributed by atoms with Crippen molar-refractivity contribution < 1.29 is 4.79 Å². The summed E-state index contributed by atoms with van der Waals surface area (Å²) in [6, 6.07) is 0.468. The number of aryl methyl sites for hydroxylation is 1. The van der Waals surface area contributed by atoms with Gasteiger partial charge in [0.1, 0.15) is 0 Å². The van der Waals surface area contributed by atoms with Crippen LogP contribution in [0.25, 0.3) is 0 Å². The van der Waals surface area contributed by atoms with E-state index in [1.807, 2.05) is 7.05 Å². The first-order valence-corrected chi connectivity index (χ1v) is 9.35. The molecule has 0 aliphatic heterocycles. The van der Waals surface area contributed by atoms with Crippen LogP contribution in [-0.2, 0) is 11.8 Å². The second-order valence-corrected chi connectivity index (χ2v) is 6.92. The zero-order valence-electron chi connectivity index (χ0n) is 13.7. The van der Waals surface area contributed by atoms with Crippen LogP contribution in [0.4, 0.5) is 0 Å². The Morgan fingerprint density at radius 1 is 1.32 bits per heavy atom. The van der Waals surface area contributed by atoms with E-state index in [4.69, 9.17) is 0 Å². The summed E-state index contributed by atoms with van der Waals surface area (Å²) in [5.41, 5.74) is 0. The van der Waals surface area contributed by atoms with Crippen LogP contribution in [0.3, 0.4) is 0 Å². The molecule has 1 aliphatic carbocycles. The molecule has 0 N–H and O–H groups in total. The fourth-order valence-electron chi connectivity index (χ4n) is 3.08. The zero-order valence-corrected chi connectivity index (χ0v) is 14.5. The maximum absolute atomic E-state index is 12.5. The molecule has 0 aromatic carbocycles. The van der Waals surface area contributed by atoms with E-state index in [0.717, 1.165) is 23.9 Å². The normalized spacial score (nSPS) is 16.5. The zero-order chi connectivity index (χ0) is 15.8. The SMILES string of the molecule is CCN(C(=O)CCCSc1nnnn1C)C1CCCCCC1. The van der Waals surface area contributed by atoms with Gasteiger partial charge in [0.2, 0.25) is 11.1 Å². The highest BCUT2D eigenvalue weighted by atomic mass is 32.2. The molecule has 0 atom stereocenters. The first kappa shape index (κ1) is 17.2. The minimum Gasteiger partial charge on any atom is -0.340 e. The molecule has 1 aromatic rings. The largest absolute Gasteiger partial charge is 0.340 e. The summed E-state index contributed by atoms with van der Waals surface area (Å²) in [6.45, 7) is 2.94. The van der Waals surface area contributed by atoms with Crippen molar-refractivity contribution in [3.63, 3.8) is 0 Å². The summed E-state index contributed by atoms with van der Waals surface area (Å²) < 4.78 is 1.66. The number of amides is 1. The second-order valence-electron chi connectivity index (χ2n) is 5.86.